The summed E-state index contributed by atoms with van der Waals surface area (Å²) in [4.78, 5) is 4.55. The Balaban J connectivity index is 1.97. The molecule has 3 nitrogen and oxygen atoms in total. The third kappa shape index (κ3) is 2.75. The second kappa shape index (κ2) is 5.03. The standard InChI is InChI=1S/C11H18N2OS/c1-8(12-2)6-9-7-14-11(13-9)10-4-3-5-15-10/h7-8,10,12H,3-6H2,1-2H3. The van der Waals surface area contributed by atoms with E-state index >= 15 is 0 Å². The summed E-state index contributed by atoms with van der Waals surface area (Å²) in [6, 6.07) is 0.458. The van der Waals surface area contributed by atoms with Gasteiger partial charge in [-0.25, -0.2) is 4.98 Å². The van der Waals surface area contributed by atoms with Crippen LogP contribution in [0.25, 0.3) is 0 Å². The van der Waals surface area contributed by atoms with Gasteiger partial charge in [0.25, 0.3) is 0 Å². The van der Waals surface area contributed by atoms with Gasteiger partial charge in [-0.05, 0) is 32.6 Å². The Hall–Kier alpha value is -0.480. The Bertz CT molecular complexity index is 307. The first-order valence-corrected chi connectivity index (χ1v) is 6.57. The summed E-state index contributed by atoms with van der Waals surface area (Å²) in [7, 11) is 1.97. The molecule has 0 bridgehead atoms. The van der Waals surface area contributed by atoms with Crippen molar-refractivity contribution in [1.82, 2.24) is 10.3 Å². The smallest absolute Gasteiger partial charge is 0.207 e. The maximum absolute atomic E-state index is 5.53. The second-order valence-electron chi connectivity index (χ2n) is 4.07. The van der Waals surface area contributed by atoms with Crippen LogP contribution in [0, 0.1) is 0 Å². The predicted molar refractivity (Wildman–Crippen MR) is 63.2 cm³/mol. The molecule has 1 aromatic rings. The summed E-state index contributed by atoms with van der Waals surface area (Å²) in [5.74, 6) is 2.17. The molecular weight excluding hydrogens is 208 g/mol. The molecule has 1 fully saturated rings. The lowest BCUT2D eigenvalue weighted by atomic mass is 10.2. The van der Waals surface area contributed by atoms with Crippen molar-refractivity contribution >= 4 is 11.8 Å². The van der Waals surface area contributed by atoms with Crippen molar-refractivity contribution in [2.75, 3.05) is 12.8 Å². The third-order valence-corrected chi connectivity index (χ3v) is 4.15. The molecule has 4 heteroatoms. The van der Waals surface area contributed by atoms with Gasteiger partial charge in [0.2, 0.25) is 5.89 Å². The lowest BCUT2D eigenvalue weighted by Gasteiger charge is -2.06. The van der Waals surface area contributed by atoms with Crippen LogP contribution in [0.2, 0.25) is 0 Å². The summed E-state index contributed by atoms with van der Waals surface area (Å²) >= 11 is 1.96. The fourth-order valence-corrected chi connectivity index (χ4v) is 2.95. The normalized spacial score (nSPS) is 23.2. The van der Waals surface area contributed by atoms with E-state index < -0.39 is 0 Å². The van der Waals surface area contributed by atoms with Crippen LogP contribution in [-0.2, 0) is 6.42 Å². The Morgan fingerprint density at radius 2 is 2.60 bits per heavy atom. The van der Waals surface area contributed by atoms with Gasteiger partial charge in [0.05, 0.1) is 10.9 Å². The average molecular weight is 226 g/mol. The first-order valence-electron chi connectivity index (χ1n) is 5.52. The van der Waals surface area contributed by atoms with Crippen molar-refractivity contribution in [1.29, 1.82) is 0 Å². The molecule has 0 amide bonds. The van der Waals surface area contributed by atoms with Gasteiger partial charge in [-0.15, -0.1) is 11.8 Å². The maximum Gasteiger partial charge on any atom is 0.207 e. The van der Waals surface area contributed by atoms with Crippen LogP contribution >= 0.6 is 11.8 Å². The molecule has 1 aliphatic heterocycles. The zero-order chi connectivity index (χ0) is 10.7. The van der Waals surface area contributed by atoms with Gasteiger partial charge < -0.3 is 9.73 Å². The van der Waals surface area contributed by atoms with E-state index in [1.54, 1.807) is 0 Å². The molecule has 1 saturated heterocycles. The number of nitrogens with zero attached hydrogens (tertiary/aromatic N) is 1. The van der Waals surface area contributed by atoms with E-state index in [0.717, 1.165) is 18.0 Å². The molecule has 0 radical (unpaired) electrons. The highest BCUT2D eigenvalue weighted by Gasteiger charge is 2.22. The molecule has 84 valence electrons. The summed E-state index contributed by atoms with van der Waals surface area (Å²) in [6.45, 7) is 2.15. The van der Waals surface area contributed by atoms with Crippen molar-refractivity contribution in [3.63, 3.8) is 0 Å². The number of thioether (sulfide) groups is 1. The molecule has 2 heterocycles. The van der Waals surface area contributed by atoms with E-state index in [4.69, 9.17) is 4.42 Å². The highest BCUT2D eigenvalue weighted by Crippen LogP contribution is 2.39. The van der Waals surface area contributed by atoms with Gasteiger partial charge in [-0.1, -0.05) is 0 Å². The quantitative estimate of drug-likeness (QED) is 0.855. The zero-order valence-electron chi connectivity index (χ0n) is 9.32. The van der Waals surface area contributed by atoms with Crippen LogP contribution in [-0.4, -0.2) is 23.8 Å². The molecule has 0 aromatic carbocycles. The van der Waals surface area contributed by atoms with E-state index in [-0.39, 0.29) is 0 Å². The Kier molecular flexibility index (Phi) is 3.70. The van der Waals surface area contributed by atoms with Crippen LogP contribution < -0.4 is 5.32 Å². The maximum atomic E-state index is 5.53. The summed E-state index contributed by atoms with van der Waals surface area (Å²) in [6.07, 6.45) is 5.26. The van der Waals surface area contributed by atoms with Crippen molar-refractivity contribution < 1.29 is 4.42 Å². The molecule has 0 aliphatic carbocycles. The number of rotatable bonds is 4. The van der Waals surface area contributed by atoms with Crippen LogP contribution in [0.1, 0.15) is 36.6 Å². The minimum absolute atomic E-state index is 0.458. The minimum atomic E-state index is 0.458. The highest BCUT2D eigenvalue weighted by atomic mass is 32.2. The minimum Gasteiger partial charge on any atom is -0.447 e. The van der Waals surface area contributed by atoms with Crippen molar-refractivity contribution in [3.8, 4) is 0 Å². The molecule has 1 aromatic heterocycles. The van der Waals surface area contributed by atoms with Gasteiger partial charge in [0.1, 0.15) is 6.26 Å². The van der Waals surface area contributed by atoms with Gasteiger partial charge in [-0.2, -0.15) is 0 Å². The van der Waals surface area contributed by atoms with Crippen molar-refractivity contribution in [2.45, 2.75) is 37.5 Å². The zero-order valence-corrected chi connectivity index (χ0v) is 10.1. The van der Waals surface area contributed by atoms with Crippen LogP contribution in [0.15, 0.2) is 10.7 Å². The van der Waals surface area contributed by atoms with E-state index in [1.165, 1.54) is 18.6 Å². The Morgan fingerprint density at radius 3 is 3.27 bits per heavy atom. The van der Waals surface area contributed by atoms with Gasteiger partial charge in [0.15, 0.2) is 0 Å². The third-order valence-electron chi connectivity index (χ3n) is 2.78. The van der Waals surface area contributed by atoms with E-state index in [9.17, 15) is 0 Å². The summed E-state index contributed by atoms with van der Waals surface area (Å²) < 4.78 is 5.53. The van der Waals surface area contributed by atoms with Crippen LogP contribution in [0.4, 0.5) is 0 Å². The molecule has 1 aliphatic rings. The molecule has 2 unspecified atom stereocenters. The molecule has 2 rings (SSSR count). The lowest BCUT2D eigenvalue weighted by Crippen LogP contribution is -2.23. The fraction of sp³-hybridized carbons (Fsp3) is 0.727. The van der Waals surface area contributed by atoms with E-state index in [1.807, 2.05) is 25.1 Å². The number of likely N-dealkylation sites (N-methyl/N-ethyl adjacent to an activating group) is 1. The first-order chi connectivity index (χ1) is 7.29. The summed E-state index contributed by atoms with van der Waals surface area (Å²) in [5, 5.41) is 3.71. The van der Waals surface area contributed by atoms with Crippen LogP contribution in [0.5, 0.6) is 0 Å². The van der Waals surface area contributed by atoms with Crippen molar-refractivity contribution in [2.24, 2.45) is 0 Å². The van der Waals surface area contributed by atoms with E-state index in [2.05, 4.69) is 17.2 Å². The molecule has 15 heavy (non-hydrogen) atoms. The molecule has 1 N–H and O–H groups in total. The Morgan fingerprint density at radius 1 is 1.73 bits per heavy atom. The first kappa shape index (κ1) is 11.0. The second-order valence-corrected chi connectivity index (χ2v) is 5.38. The number of aromatic nitrogens is 1. The van der Waals surface area contributed by atoms with Crippen LogP contribution in [0.3, 0.4) is 0 Å². The monoisotopic (exact) mass is 226 g/mol. The average Bonchev–Trinajstić information content (AvgIpc) is 2.85. The molecular formula is C11H18N2OS. The Labute approximate surface area is 95.0 Å². The number of hydrogen-bond acceptors (Lipinski definition) is 4. The number of oxazole rings is 1. The molecule has 0 saturated carbocycles. The topological polar surface area (TPSA) is 38.1 Å². The van der Waals surface area contributed by atoms with Gasteiger partial charge in [-0.3, -0.25) is 0 Å². The van der Waals surface area contributed by atoms with Crippen molar-refractivity contribution in [3.05, 3.63) is 17.8 Å². The molecule has 0 spiro atoms. The highest BCUT2D eigenvalue weighted by molar-refractivity contribution is 7.99. The number of nitrogens with one attached hydrogen (secondary N) is 1. The lowest BCUT2D eigenvalue weighted by molar-refractivity contribution is 0.485. The number of hydrogen-bond donors (Lipinski definition) is 1. The summed E-state index contributed by atoms with van der Waals surface area (Å²) in [5.41, 5.74) is 1.07. The van der Waals surface area contributed by atoms with Gasteiger partial charge >= 0.3 is 0 Å². The fourth-order valence-electron chi connectivity index (χ4n) is 1.75. The largest absolute Gasteiger partial charge is 0.447 e. The predicted octanol–water partition coefficient (Wildman–Crippen LogP) is 2.39. The SMILES string of the molecule is CNC(C)Cc1coc(C2CCCS2)n1. The molecule has 2 atom stereocenters. The van der Waals surface area contributed by atoms with Gasteiger partial charge in [0, 0.05) is 12.5 Å². The van der Waals surface area contributed by atoms with E-state index in [0.29, 0.717) is 11.3 Å².